The number of nitro benzene ring substituents is 1. The Kier molecular flexibility index (Phi) is 6.07. The second kappa shape index (κ2) is 7.10. The van der Waals surface area contributed by atoms with Gasteiger partial charge in [-0.3, -0.25) is 10.1 Å². The maximum absolute atomic E-state index is 10.7. The van der Waals surface area contributed by atoms with Gasteiger partial charge in [-0.05, 0) is 18.9 Å². The highest BCUT2D eigenvalue weighted by Crippen LogP contribution is 2.33. The fourth-order valence-corrected chi connectivity index (χ4v) is 2.76. The van der Waals surface area contributed by atoms with Gasteiger partial charge in [0.05, 0.1) is 22.6 Å². The Hall–Kier alpha value is -0.810. The lowest BCUT2D eigenvalue weighted by atomic mass is 9.86. The van der Waals surface area contributed by atoms with Gasteiger partial charge < -0.3 is 4.74 Å². The molecule has 19 heavy (non-hydrogen) atoms. The lowest BCUT2D eigenvalue weighted by Crippen LogP contribution is -2.29. The van der Waals surface area contributed by atoms with Gasteiger partial charge in [0, 0.05) is 16.8 Å². The van der Waals surface area contributed by atoms with Crippen LogP contribution in [0.25, 0.3) is 0 Å². The molecule has 0 fully saturated rings. The second-order valence-electron chi connectivity index (χ2n) is 4.50. The van der Waals surface area contributed by atoms with E-state index < -0.39 is 4.92 Å². The van der Waals surface area contributed by atoms with Gasteiger partial charge in [-0.15, -0.1) is 0 Å². The number of hydrogen-bond donors (Lipinski definition) is 0. The summed E-state index contributed by atoms with van der Waals surface area (Å²) in [5.74, 6) is 0.364. The number of halogens is 2. The Morgan fingerprint density at radius 3 is 2.53 bits per heavy atom. The smallest absolute Gasteiger partial charge is 0.273 e. The SMILES string of the molecule is CCC(CC)(CBr)COc1cc([N+](=O)[O-])ccc1Cl. The fraction of sp³-hybridized carbons (Fsp3) is 0.538. The Morgan fingerprint density at radius 1 is 1.42 bits per heavy atom. The zero-order valence-electron chi connectivity index (χ0n) is 11.0. The van der Waals surface area contributed by atoms with Crippen molar-refractivity contribution < 1.29 is 9.66 Å². The zero-order valence-corrected chi connectivity index (χ0v) is 13.3. The van der Waals surface area contributed by atoms with Gasteiger partial charge in [-0.1, -0.05) is 41.4 Å². The van der Waals surface area contributed by atoms with Crippen molar-refractivity contribution in [2.75, 3.05) is 11.9 Å². The maximum atomic E-state index is 10.7. The number of alkyl halides is 1. The fourth-order valence-electron chi connectivity index (χ4n) is 1.63. The lowest BCUT2D eigenvalue weighted by Gasteiger charge is -2.29. The third kappa shape index (κ3) is 4.08. The molecule has 0 heterocycles. The van der Waals surface area contributed by atoms with Crippen molar-refractivity contribution in [1.29, 1.82) is 0 Å². The van der Waals surface area contributed by atoms with Crippen LogP contribution in [-0.4, -0.2) is 16.9 Å². The van der Waals surface area contributed by atoms with Gasteiger partial charge in [0.2, 0.25) is 0 Å². The molecule has 0 saturated carbocycles. The van der Waals surface area contributed by atoms with Crippen LogP contribution in [0.4, 0.5) is 5.69 Å². The number of benzene rings is 1. The highest BCUT2D eigenvalue weighted by molar-refractivity contribution is 9.09. The first-order valence-corrected chi connectivity index (χ1v) is 7.60. The van der Waals surface area contributed by atoms with E-state index in [4.69, 9.17) is 16.3 Å². The first-order valence-electron chi connectivity index (χ1n) is 6.10. The lowest BCUT2D eigenvalue weighted by molar-refractivity contribution is -0.384. The van der Waals surface area contributed by atoms with Gasteiger partial charge in [0.15, 0.2) is 0 Å². The number of non-ortho nitro benzene ring substituents is 1. The summed E-state index contributed by atoms with van der Waals surface area (Å²) in [6, 6.07) is 4.22. The van der Waals surface area contributed by atoms with Crippen molar-refractivity contribution >= 4 is 33.2 Å². The molecular formula is C13H17BrClNO3. The topological polar surface area (TPSA) is 52.4 Å². The number of rotatable bonds is 7. The molecule has 4 nitrogen and oxygen atoms in total. The minimum absolute atomic E-state index is 0.0168. The predicted molar refractivity (Wildman–Crippen MR) is 80.4 cm³/mol. The summed E-state index contributed by atoms with van der Waals surface area (Å²) in [7, 11) is 0. The van der Waals surface area contributed by atoms with Gasteiger partial charge >= 0.3 is 0 Å². The molecule has 0 saturated heterocycles. The number of nitro groups is 1. The average Bonchev–Trinajstić information content (AvgIpc) is 2.42. The summed E-state index contributed by atoms with van der Waals surface area (Å²) < 4.78 is 5.70. The first kappa shape index (κ1) is 16.2. The molecule has 1 aromatic rings. The molecule has 0 aliphatic carbocycles. The van der Waals surface area contributed by atoms with Gasteiger partial charge in [0.25, 0.3) is 5.69 Å². The standard InChI is InChI=1S/C13H17BrClNO3/c1-3-13(4-2,8-14)9-19-12-7-10(16(17)18)5-6-11(12)15/h5-7H,3-4,8-9H2,1-2H3. The molecule has 0 bridgehead atoms. The highest BCUT2D eigenvalue weighted by Gasteiger charge is 2.26. The largest absolute Gasteiger partial charge is 0.491 e. The predicted octanol–water partition coefficient (Wildman–Crippen LogP) is 4.83. The quantitative estimate of drug-likeness (QED) is 0.402. The number of ether oxygens (including phenoxy) is 1. The van der Waals surface area contributed by atoms with E-state index in [1.165, 1.54) is 18.2 Å². The van der Waals surface area contributed by atoms with Gasteiger partial charge in [-0.2, -0.15) is 0 Å². The molecule has 0 unspecified atom stereocenters. The molecule has 106 valence electrons. The van der Waals surface area contributed by atoms with Crippen molar-refractivity contribution in [3.8, 4) is 5.75 Å². The number of hydrogen-bond acceptors (Lipinski definition) is 3. The molecule has 0 atom stereocenters. The van der Waals surface area contributed by atoms with Crippen molar-refractivity contribution in [1.82, 2.24) is 0 Å². The van der Waals surface area contributed by atoms with E-state index in [0.29, 0.717) is 17.4 Å². The van der Waals surface area contributed by atoms with E-state index in [-0.39, 0.29) is 11.1 Å². The molecule has 0 radical (unpaired) electrons. The van der Waals surface area contributed by atoms with Crippen LogP contribution in [0.5, 0.6) is 5.75 Å². The minimum atomic E-state index is -0.458. The second-order valence-corrected chi connectivity index (χ2v) is 5.47. The average molecular weight is 351 g/mol. The van der Waals surface area contributed by atoms with Crippen molar-refractivity contribution in [3.05, 3.63) is 33.3 Å². The molecule has 6 heteroatoms. The van der Waals surface area contributed by atoms with Crippen LogP contribution in [-0.2, 0) is 0 Å². The monoisotopic (exact) mass is 349 g/mol. The Bertz CT molecular complexity index is 441. The highest BCUT2D eigenvalue weighted by atomic mass is 79.9. The van der Waals surface area contributed by atoms with Crippen molar-refractivity contribution in [2.24, 2.45) is 5.41 Å². The van der Waals surface area contributed by atoms with Crippen LogP contribution < -0.4 is 4.74 Å². The Labute approximate surface area is 126 Å². The summed E-state index contributed by atoms with van der Waals surface area (Å²) in [5, 5.41) is 11.9. The summed E-state index contributed by atoms with van der Waals surface area (Å²) in [6.07, 6.45) is 1.92. The summed E-state index contributed by atoms with van der Waals surface area (Å²) in [4.78, 5) is 10.3. The van der Waals surface area contributed by atoms with Crippen LogP contribution in [0.1, 0.15) is 26.7 Å². The normalized spacial score (nSPS) is 11.4. The number of nitrogens with zero attached hydrogens (tertiary/aromatic N) is 1. The van der Waals surface area contributed by atoms with Gasteiger partial charge in [0.1, 0.15) is 5.75 Å². The van der Waals surface area contributed by atoms with E-state index in [1.807, 2.05) is 0 Å². The molecule has 0 aliphatic heterocycles. The van der Waals surface area contributed by atoms with E-state index in [0.717, 1.165) is 18.2 Å². The van der Waals surface area contributed by atoms with E-state index >= 15 is 0 Å². The molecular weight excluding hydrogens is 334 g/mol. The molecule has 0 spiro atoms. The first-order chi connectivity index (χ1) is 8.98. The van der Waals surface area contributed by atoms with Crippen molar-refractivity contribution in [3.63, 3.8) is 0 Å². The third-order valence-corrected chi connectivity index (χ3v) is 4.94. The summed E-state index contributed by atoms with van der Waals surface area (Å²) in [5.41, 5.74) is 0.00496. The summed E-state index contributed by atoms with van der Waals surface area (Å²) in [6.45, 7) is 4.68. The molecule has 1 aromatic carbocycles. The summed E-state index contributed by atoms with van der Waals surface area (Å²) >= 11 is 9.50. The third-order valence-electron chi connectivity index (χ3n) is 3.44. The maximum Gasteiger partial charge on any atom is 0.273 e. The van der Waals surface area contributed by atoms with Crippen LogP contribution in [0.3, 0.4) is 0 Å². The molecule has 0 aromatic heterocycles. The van der Waals surface area contributed by atoms with Crippen LogP contribution >= 0.6 is 27.5 Å². The zero-order chi connectivity index (χ0) is 14.5. The minimum Gasteiger partial charge on any atom is -0.491 e. The molecule has 0 amide bonds. The molecule has 0 aliphatic rings. The van der Waals surface area contributed by atoms with Crippen molar-refractivity contribution in [2.45, 2.75) is 26.7 Å². The molecule has 1 rings (SSSR count). The van der Waals surface area contributed by atoms with Crippen LogP contribution in [0.2, 0.25) is 5.02 Å². The van der Waals surface area contributed by atoms with E-state index in [1.54, 1.807) is 0 Å². The molecule has 0 N–H and O–H groups in total. The van der Waals surface area contributed by atoms with Crippen LogP contribution in [0.15, 0.2) is 18.2 Å². The van der Waals surface area contributed by atoms with Gasteiger partial charge in [-0.25, -0.2) is 0 Å². The van der Waals surface area contributed by atoms with E-state index in [9.17, 15) is 10.1 Å². The van der Waals surface area contributed by atoms with Crippen LogP contribution in [0, 0.1) is 15.5 Å². The Morgan fingerprint density at radius 2 is 2.05 bits per heavy atom. The Balaban J connectivity index is 2.87. The van der Waals surface area contributed by atoms with E-state index in [2.05, 4.69) is 29.8 Å².